The molecule has 1 saturated carbocycles. The van der Waals surface area contributed by atoms with Crippen LogP contribution in [-0.4, -0.2) is 27.3 Å². The number of non-ortho nitro benzene ring substituents is 1. The first-order chi connectivity index (χ1) is 18.5. The normalized spacial score (nSPS) is 22.4. The monoisotopic (exact) mass is 529 g/mol. The summed E-state index contributed by atoms with van der Waals surface area (Å²) in [4.78, 5) is 26.9. The Hall–Kier alpha value is -3.78. The fourth-order valence-corrected chi connectivity index (χ4v) is 6.27. The van der Waals surface area contributed by atoms with Crippen molar-refractivity contribution < 1.29 is 14.5 Å². The fourth-order valence-electron chi connectivity index (χ4n) is 5.06. The van der Waals surface area contributed by atoms with Gasteiger partial charge in [0.1, 0.15) is 12.4 Å². The largest absolute Gasteiger partial charge is 0.489 e. The minimum absolute atomic E-state index is 0.0585. The molecule has 1 aliphatic carbocycles. The van der Waals surface area contributed by atoms with Gasteiger partial charge in [-0.2, -0.15) is 0 Å². The maximum absolute atomic E-state index is 13.7. The van der Waals surface area contributed by atoms with Gasteiger partial charge in [-0.3, -0.25) is 14.9 Å². The summed E-state index contributed by atoms with van der Waals surface area (Å²) in [6, 6.07) is 24.3. The number of thioether (sulfide) groups is 1. The summed E-state index contributed by atoms with van der Waals surface area (Å²) in [6.07, 6.45) is 6.53. The predicted molar refractivity (Wildman–Crippen MR) is 152 cm³/mol. The van der Waals surface area contributed by atoms with Crippen LogP contribution in [0.3, 0.4) is 0 Å². The molecular formula is C30H31N3O4S. The Morgan fingerprint density at radius 1 is 1.03 bits per heavy atom. The van der Waals surface area contributed by atoms with Gasteiger partial charge in [0.2, 0.25) is 0 Å². The van der Waals surface area contributed by atoms with Crippen molar-refractivity contribution >= 4 is 35.1 Å². The van der Waals surface area contributed by atoms with E-state index in [-0.39, 0.29) is 23.1 Å². The van der Waals surface area contributed by atoms with Crippen molar-refractivity contribution in [1.29, 1.82) is 0 Å². The van der Waals surface area contributed by atoms with Crippen molar-refractivity contribution in [2.24, 2.45) is 5.92 Å². The van der Waals surface area contributed by atoms with Crippen molar-refractivity contribution in [3.8, 4) is 5.75 Å². The number of nitro benzene ring substituents is 1. The van der Waals surface area contributed by atoms with Gasteiger partial charge in [0.15, 0.2) is 5.50 Å². The highest BCUT2D eigenvalue weighted by Gasteiger charge is 2.42. The van der Waals surface area contributed by atoms with Gasteiger partial charge in [0.05, 0.1) is 9.83 Å². The average molecular weight is 530 g/mol. The highest BCUT2D eigenvalue weighted by molar-refractivity contribution is 8.05. The third kappa shape index (κ3) is 6.02. The Morgan fingerprint density at radius 2 is 1.74 bits per heavy atom. The summed E-state index contributed by atoms with van der Waals surface area (Å²) in [5.41, 5.74) is 2.69. The molecule has 1 amide bonds. The summed E-state index contributed by atoms with van der Waals surface area (Å²) < 4.78 is 5.85. The SMILES string of the molecule is C[C@H]1CCCC[C@@H]1N1C(=O)/C(=C/c2ccc(OCc3ccc([N+](=O)[O-])cc3)cc2)SC1Nc1ccccc1. The molecule has 5 rings (SSSR count). The molecule has 1 N–H and O–H groups in total. The topological polar surface area (TPSA) is 84.7 Å². The average Bonchev–Trinajstić information content (AvgIpc) is 3.23. The molecule has 2 aliphatic rings. The smallest absolute Gasteiger partial charge is 0.269 e. The van der Waals surface area contributed by atoms with Gasteiger partial charge in [0.25, 0.3) is 11.6 Å². The van der Waals surface area contributed by atoms with Crippen molar-refractivity contribution in [3.05, 3.63) is 105 Å². The van der Waals surface area contributed by atoms with Crippen LogP contribution in [0.4, 0.5) is 11.4 Å². The Morgan fingerprint density at radius 3 is 2.42 bits per heavy atom. The Bertz CT molecular complexity index is 1300. The molecule has 3 atom stereocenters. The zero-order valence-electron chi connectivity index (χ0n) is 21.3. The van der Waals surface area contributed by atoms with Crippen LogP contribution in [-0.2, 0) is 11.4 Å². The Balaban J connectivity index is 1.29. The summed E-state index contributed by atoms with van der Waals surface area (Å²) in [5.74, 6) is 1.25. The van der Waals surface area contributed by atoms with Gasteiger partial charge < -0.3 is 15.0 Å². The second kappa shape index (κ2) is 11.7. The molecule has 0 aromatic heterocycles. The van der Waals surface area contributed by atoms with Gasteiger partial charge in [0, 0.05) is 23.9 Å². The number of para-hydroxylation sites is 1. The van der Waals surface area contributed by atoms with Crippen LogP contribution < -0.4 is 10.1 Å². The molecule has 0 bridgehead atoms. The van der Waals surface area contributed by atoms with Gasteiger partial charge in [-0.1, -0.05) is 61.9 Å². The maximum atomic E-state index is 13.7. The van der Waals surface area contributed by atoms with E-state index in [0.29, 0.717) is 18.3 Å². The third-order valence-electron chi connectivity index (χ3n) is 7.15. The highest BCUT2D eigenvalue weighted by atomic mass is 32.2. The van der Waals surface area contributed by atoms with Gasteiger partial charge in [-0.25, -0.2) is 0 Å². The number of nitrogens with zero attached hydrogens (tertiary/aromatic N) is 2. The van der Waals surface area contributed by atoms with E-state index < -0.39 is 4.92 Å². The summed E-state index contributed by atoms with van der Waals surface area (Å²) in [7, 11) is 0. The van der Waals surface area contributed by atoms with E-state index in [0.717, 1.165) is 41.0 Å². The lowest BCUT2D eigenvalue weighted by Gasteiger charge is -2.39. The first-order valence-electron chi connectivity index (χ1n) is 13.0. The lowest BCUT2D eigenvalue weighted by molar-refractivity contribution is -0.384. The lowest BCUT2D eigenvalue weighted by Crippen LogP contribution is -2.48. The molecule has 1 saturated heterocycles. The number of ether oxygens (including phenoxy) is 1. The molecule has 0 spiro atoms. The minimum Gasteiger partial charge on any atom is -0.489 e. The molecule has 1 heterocycles. The van der Waals surface area contributed by atoms with E-state index >= 15 is 0 Å². The Kier molecular flexibility index (Phi) is 7.98. The summed E-state index contributed by atoms with van der Waals surface area (Å²) in [5, 5.41) is 14.4. The molecule has 1 aliphatic heterocycles. The number of anilines is 1. The van der Waals surface area contributed by atoms with E-state index in [1.54, 1.807) is 23.9 Å². The standard InChI is InChI=1S/C30H31N3O4S/c1-21-7-5-6-10-27(21)32-29(34)28(38-30(32)31-24-8-3-2-4-9-24)19-22-13-17-26(18-14-22)37-20-23-11-15-25(16-12-23)33(35)36/h2-4,8-9,11-19,21,27,30-31H,5-7,10,20H2,1H3/b28-19-/t21-,27-,30?/m0/s1. The van der Waals surface area contributed by atoms with Gasteiger partial charge >= 0.3 is 0 Å². The molecular weight excluding hydrogens is 498 g/mol. The van der Waals surface area contributed by atoms with Crippen molar-refractivity contribution in [2.45, 2.75) is 50.8 Å². The maximum Gasteiger partial charge on any atom is 0.269 e. The van der Waals surface area contributed by atoms with Crippen LogP contribution in [0.1, 0.15) is 43.7 Å². The number of nitro groups is 1. The number of amides is 1. The van der Waals surface area contributed by atoms with E-state index in [9.17, 15) is 14.9 Å². The molecule has 196 valence electrons. The number of benzene rings is 3. The predicted octanol–water partition coefficient (Wildman–Crippen LogP) is 7.06. The van der Waals surface area contributed by atoms with E-state index in [1.165, 1.54) is 18.6 Å². The number of rotatable bonds is 8. The first-order valence-corrected chi connectivity index (χ1v) is 13.8. The highest BCUT2D eigenvalue weighted by Crippen LogP contribution is 2.42. The molecule has 1 unspecified atom stereocenters. The molecule has 0 radical (unpaired) electrons. The summed E-state index contributed by atoms with van der Waals surface area (Å²) in [6.45, 7) is 2.58. The lowest BCUT2D eigenvalue weighted by atomic mass is 9.85. The molecule has 3 aromatic carbocycles. The van der Waals surface area contributed by atoms with Crippen molar-refractivity contribution in [2.75, 3.05) is 5.32 Å². The third-order valence-corrected chi connectivity index (χ3v) is 8.27. The van der Waals surface area contributed by atoms with Gasteiger partial charge in [-0.15, -0.1) is 0 Å². The number of nitrogens with one attached hydrogen (secondary N) is 1. The quantitative estimate of drug-likeness (QED) is 0.191. The minimum atomic E-state index is -0.417. The molecule has 3 aromatic rings. The van der Waals surface area contributed by atoms with Crippen LogP contribution in [0.5, 0.6) is 5.75 Å². The molecule has 8 heteroatoms. The van der Waals surface area contributed by atoms with Gasteiger partial charge in [-0.05, 0) is 72.4 Å². The number of hydrogen-bond donors (Lipinski definition) is 1. The Labute approximate surface area is 227 Å². The zero-order valence-corrected chi connectivity index (χ0v) is 22.1. The van der Waals surface area contributed by atoms with E-state index in [4.69, 9.17) is 4.74 Å². The van der Waals surface area contributed by atoms with Crippen LogP contribution >= 0.6 is 11.8 Å². The zero-order chi connectivity index (χ0) is 26.5. The van der Waals surface area contributed by atoms with Crippen molar-refractivity contribution in [1.82, 2.24) is 4.90 Å². The van der Waals surface area contributed by atoms with Crippen LogP contribution in [0, 0.1) is 16.0 Å². The van der Waals surface area contributed by atoms with Crippen LogP contribution in [0.15, 0.2) is 83.8 Å². The van der Waals surface area contributed by atoms with E-state index in [1.807, 2.05) is 60.7 Å². The van der Waals surface area contributed by atoms with Crippen LogP contribution in [0.2, 0.25) is 0 Å². The molecule has 7 nitrogen and oxygen atoms in total. The van der Waals surface area contributed by atoms with E-state index in [2.05, 4.69) is 17.1 Å². The van der Waals surface area contributed by atoms with Crippen molar-refractivity contribution in [3.63, 3.8) is 0 Å². The number of hydrogen-bond acceptors (Lipinski definition) is 6. The molecule has 38 heavy (non-hydrogen) atoms. The number of carbonyl (C=O) groups is 1. The second-order valence-corrected chi connectivity index (χ2v) is 10.9. The number of carbonyl (C=O) groups excluding carboxylic acids is 1. The fraction of sp³-hybridized carbons (Fsp3) is 0.300. The molecule has 2 fully saturated rings. The first kappa shape index (κ1) is 25.9. The summed E-state index contributed by atoms with van der Waals surface area (Å²) >= 11 is 1.57. The second-order valence-electron chi connectivity index (χ2n) is 9.81. The van der Waals surface area contributed by atoms with Crippen LogP contribution in [0.25, 0.3) is 6.08 Å².